The lowest BCUT2D eigenvalue weighted by molar-refractivity contribution is 0.311. The van der Waals surface area contributed by atoms with Crippen LogP contribution >= 0.6 is 11.9 Å². The van der Waals surface area contributed by atoms with E-state index in [0.717, 1.165) is 66.4 Å². The summed E-state index contributed by atoms with van der Waals surface area (Å²) in [7, 11) is 3.89. The van der Waals surface area contributed by atoms with Gasteiger partial charge in [0.15, 0.2) is 0 Å². The van der Waals surface area contributed by atoms with Crippen LogP contribution in [0, 0.1) is 5.82 Å². The number of benzene rings is 3. The highest BCUT2D eigenvalue weighted by atomic mass is 32.2. The van der Waals surface area contributed by atoms with Crippen molar-refractivity contribution in [3.05, 3.63) is 66.0 Å². The molecule has 0 bridgehead atoms. The maximum Gasteiger partial charge on any atom is 0.142 e. The van der Waals surface area contributed by atoms with Gasteiger partial charge in [0.05, 0.1) is 12.8 Å². The van der Waals surface area contributed by atoms with Gasteiger partial charge >= 0.3 is 0 Å². The third-order valence-corrected chi connectivity index (χ3v) is 6.48. The Labute approximate surface area is 182 Å². The van der Waals surface area contributed by atoms with Crippen LogP contribution in [0.1, 0.15) is 5.56 Å². The van der Waals surface area contributed by atoms with Gasteiger partial charge in [-0.05, 0) is 60.6 Å². The Kier molecular flexibility index (Phi) is 6.77. The summed E-state index contributed by atoms with van der Waals surface area (Å²) in [6.45, 7) is 4.93. The maximum atomic E-state index is 14.0. The van der Waals surface area contributed by atoms with E-state index < -0.39 is 0 Å². The summed E-state index contributed by atoms with van der Waals surface area (Å²) < 4.78 is 23.1. The Hall–Kier alpha value is -2.28. The molecule has 0 atom stereocenters. The zero-order valence-electron chi connectivity index (χ0n) is 17.5. The smallest absolute Gasteiger partial charge is 0.142 e. The molecule has 1 fully saturated rings. The summed E-state index contributed by atoms with van der Waals surface area (Å²) in [5.74, 6) is 0.757. The highest BCUT2D eigenvalue weighted by molar-refractivity contribution is 7.97. The maximum absolute atomic E-state index is 14.0. The lowest BCUT2D eigenvalue weighted by Gasteiger charge is -2.34. The number of likely N-dealkylation sites (N-methyl/N-ethyl adjacent to an activating group) is 1. The first-order valence-electron chi connectivity index (χ1n) is 10.3. The van der Waals surface area contributed by atoms with Crippen LogP contribution in [0.5, 0.6) is 5.75 Å². The lowest BCUT2D eigenvalue weighted by atomic mass is 10.0. The van der Waals surface area contributed by atoms with Crippen molar-refractivity contribution < 1.29 is 9.13 Å². The largest absolute Gasteiger partial charge is 0.495 e. The molecule has 158 valence electrons. The molecule has 0 amide bonds. The van der Waals surface area contributed by atoms with Crippen LogP contribution in [0.15, 0.2) is 59.5 Å². The third-order valence-electron chi connectivity index (χ3n) is 5.64. The quantitative estimate of drug-likeness (QED) is 0.442. The van der Waals surface area contributed by atoms with Crippen molar-refractivity contribution in [3.63, 3.8) is 0 Å². The fourth-order valence-electron chi connectivity index (χ4n) is 3.89. The molecule has 4 nitrogen and oxygen atoms in total. The van der Waals surface area contributed by atoms with Gasteiger partial charge in [-0.15, -0.1) is 0 Å². The fourth-order valence-corrected chi connectivity index (χ4v) is 4.57. The molecule has 0 aliphatic carbocycles. The summed E-state index contributed by atoms with van der Waals surface area (Å²) in [6, 6.07) is 17.5. The molecule has 0 saturated carbocycles. The van der Waals surface area contributed by atoms with E-state index in [2.05, 4.69) is 33.7 Å². The summed E-state index contributed by atoms with van der Waals surface area (Å²) >= 11 is 1.63. The summed E-state index contributed by atoms with van der Waals surface area (Å²) in [5.41, 5.74) is 2.31. The highest BCUT2D eigenvalue weighted by Crippen LogP contribution is 2.33. The van der Waals surface area contributed by atoms with Crippen LogP contribution in [0.4, 0.5) is 10.1 Å². The van der Waals surface area contributed by atoms with E-state index in [4.69, 9.17) is 4.74 Å². The Morgan fingerprint density at radius 3 is 2.53 bits per heavy atom. The van der Waals surface area contributed by atoms with Gasteiger partial charge in [0, 0.05) is 43.0 Å². The number of hydrogen-bond acceptors (Lipinski definition) is 5. The van der Waals surface area contributed by atoms with Gasteiger partial charge in [-0.2, -0.15) is 0 Å². The minimum Gasteiger partial charge on any atom is -0.495 e. The topological polar surface area (TPSA) is 27.7 Å². The van der Waals surface area contributed by atoms with E-state index in [-0.39, 0.29) is 5.82 Å². The van der Waals surface area contributed by atoms with E-state index in [9.17, 15) is 4.39 Å². The first-order chi connectivity index (χ1) is 14.7. The predicted octanol–water partition coefficient (Wildman–Crippen LogP) is 4.58. The standard InChI is InChI=1S/C24H28FN3OS/c1-27-13-15-28(16-14-27)23-17-19(8-10-24(23)29-2)30-26-12-11-18-7-9-22(25)21-6-4-3-5-20(18)21/h3-10,17,26H,11-16H2,1-2H3. The zero-order valence-corrected chi connectivity index (χ0v) is 18.3. The van der Waals surface area contributed by atoms with E-state index in [1.54, 1.807) is 25.1 Å². The minimum atomic E-state index is -0.161. The molecule has 0 radical (unpaired) electrons. The first-order valence-corrected chi connectivity index (χ1v) is 11.1. The molecule has 0 unspecified atom stereocenters. The normalized spacial score (nSPS) is 15.0. The van der Waals surface area contributed by atoms with Crippen molar-refractivity contribution in [3.8, 4) is 5.75 Å². The van der Waals surface area contributed by atoms with Crippen molar-refractivity contribution in [1.82, 2.24) is 9.62 Å². The van der Waals surface area contributed by atoms with Crippen molar-refractivity contribution in [2.24, 2.45) is 0 Å². The molecule has 0 spiro atoms. The predicted molar refractivity (Wildman–Crippen MR) is 124 cm³/mol. The molecule has 6 heteroatoms. The van der Waals surface area contributed by atoms with Crippen LogP contribution in [0.3, 0.4) is 0 Å². The SMILES string of the molecule is COc1ccc(SNCCc2ccc(F)c3ccccc23)cc1N1CCN(C)CC1. The highest BCUT2D eigenvalue weighted by Gasteiger charge is 2.18. The molecule has 30 heavy (non-hydrogen) atoms. The molecule has 1 heterocycles. The Morgan fingerprint density at radius 1 is 1.00 bits per heavy atom. The number of ether oxygens (including phenoxy) is 1. The molecule has 1 aliphatic rings. The second kappa shape index (κ2) is 9.69. The molecule has 0 aromatic heterocycles. The number of piperazine rings is 1. The van der Waals surface area contributed by atoms with E-state index in [0.29, 0.717) is 5.39 Å². The van der Waals surface area contributed by atoms with Crippen molar-refractivity contribution in [1.29, 1.82) is 0 Å². The van der Waals surface area contributed by atoms with Gasteiger partial charge in [-0.3, -0.25) is 4.72 Å². The van der Waals surface area contributed by atoms with Crippen molar-refractivity contribution >= 4 is 28.4 Å². The summed E-state index contributed by atoms with van der Waals surface area (Å²) in [4.78, 5) is 5.91. The molecular weight excluding hydrogens is 397 g/mol. The Bertz CT molecular complexity index is 1000. The first kappa shape index (κ1) is 21.0. The second-order valence-electron chi connectivity index (χ2n) is 7.62. The Morgan fingerprint density at radius 2 is 1.77 bits per heavy atom. The fraction of sp³-hybridized carbons (Fsp3) is 0.333. The van der Waals surface area contributed by atoms with Crippen LogP contribution in [0.2, 0.25) is 0 Å². The minimum absolute atomic E-state index is 0.161. The van der Waals surface area contributed by atoms with Gasteiger partial charge in [0.25, 0.3) is 0 Å². The molecule has 1 aliphatic heterocycles. The van der Waals surface area contributed by atoms with Crippen LogP contribution in [-0.2, 0) is 6.42 Å². The van der Waals surface area contributed by atoms with E-state index >= 15 is 0 Å². The number of fused-ring (bicyclic) bond motifs is 1. The zero-order chi connectivity index (χ0) is 20.9. The summed E-state index contributed by atoms with van der Waals surface area (Å²) in [5, 5.41) is 1.68. The molecule has 4 rings (SSSR count). The van der Waals surface area contributed by atoms with E-state index in [1.165, 1.54) is 0 Å². The summed E-state index contributed by atoms with van der Waals surface area (Å²) in [6.07, 6.45) is 0.843. The van der Waals surface area contributed by atoms with Crippen LogP contribution < -0.4 is 14.4 Å². The van der Waals surface area contributed by atoms with Gasteiger partial charge < -0.3 is 14.5 Å². The molecule has 1 N–H and O–H groups in total. The average molecular weight is 426 g/mol. The van der Waals surface area contributed by atoms with Crippen LogP contribution in [0.25, 0.3) is 10.8 Å². The van der Waals surface area contributed by atoms with Crippen molar-refractivity contribution in [2.75, 3.05) is 51.8 Å². The third kappa shape index (κ3) is 4.72. The van der Waals surface area contributed by atoms with Crippen molar-refractivity contribution in [2.45, 2.75) is 11.3 Å². The number of halogens is 1. The van der Waals surface area contributed by atoms with Gasteiger partial charge in [0.1, 0.15) is 11.6 Å². The Balaban J connectivity index is 1.39. The van der Waals surface area contributed by atoms with Gasteiger partial charge in [0.2, 0.25) is 0 Å². The number of hydrogen-bond donors (Lipinski definition) is 1. The molecule has 1 saturated heterocycles. The number of anilines is 1. The lowest BCUT2D eigenvalue weighted by Crippen LogP contribution is -2.44. The molecule has 3 aromatic carbocycles. The molecular formula is C24H28FN3OS. The van der Waals surface area contributed by atoms with Gasteiger partial charge in [-0.1, -0.05) is 30.3 Å². The van der Waals surface area contributed by atoms with Crippen LogP contribution in [-0.4, -0.2) is 51.8 Å². The number of methoxy groups -OCH3 is 1. The van der Waals surface area contributed by atoms with Gasteiger partial charge in [-0.25, -0.2) is 4.39 Å². The monoisotopic (exact) mass is 425 g/mol. The number of nitrogens with one attached hydrogen (secondary N) is 1. The van der Waals surface area contributed by atoms with E-state index in [1.807, 2.05) is 36.4 Å². The number of rotatable bonds is 7. The second-order valence-corrected chi connectivity index (χ2v) is 8.59. The number of nitrogens with zero attached hydrogens (tertiary/aromatic N) is 2. The molecule has 3 aromatic rings. The average Bonchev–Trinajstić information content (AvgIpc) is 2.78.